The Labute approximate surface area is 105 Å². The van der Waals surface area contributed by atoms with Gasteiger partial charge in [-0.1, -0.05) is 20.3 Å². The van der Waals surface area contributed by atoms with Crippen LogP contribution >= 0.6 is 0 Å². The number of aliphatic hydroxyl groups is 2. The molecule has 100 valence electrons. The second kappa shape index (κ2) is 5.27. The lowest BCUT2D eigenvalue weighted by Gasteiger charge is -2.36. The van der Waals surface area contributed by atoms with Gasteiger partial charge >= 0.3 is 0 Å². The van der Waals surface area contributed by atoms with E-state index in [9.17, 15) is 10.2 Å². The Morgan fingerprint density at radius 3 is 2.24 bits per heavy atom. The van der Waals surface area contributed by atoms with Crippen LogP contribution in [0.2, 0.25) is 0 Å². The van der Waals surface area contributed by atoms with E-state index in [2.05, 4.69) is 13.8 Å². The number of rotatable bonds is 6. The summed E-state index contributed by atoms with van der Waals surface area (Å²) in [6.07, 6.45) is 7.58. The molecule has 17 heavy (non-hydrogen) atoms. The van der Waals surface area contributed by atoms with Gasteiger partial charge in [0, 0.05) is 5.41 Å². The van der Waals surface area contributed by atoms with Crippen molar-refractivity contribution in [1.29, 1.82) is 0 Å². The molecule has 0 aromatic carbocycles. The lowest BCUT2D eigenvalue weighted by molar-refractivity contribution is 0.00899. The Morgan fingerprint density at radius 2 is 1.82 bits per heavy atom. The maximum Gasteiger partial charge on any atom is 0.0509 e. The van der Waals surface area contributed by atoms with Gasteiger partial charge in [0.1, 0.15) is 0 Å². The first-order valence-electron chi connectivity index (χ1n) is 7.30. The zero-order chi connectivity index (χ0) is 12.5. The summed E-state index contributed by atoms with van der Waals surface area (Å²) >= 11 is 0. The molecule has 2 aliphatic rings. The topological polar surface area (TPSA) is 40.5 Å². The molecule has 2 heteroatoms. The minimum atomic E-state index is -0.219. The van der Waals surface area contributed by atoms with Gasteiger partial charge in [-0.2, -0.15) is 0 Å². The molecule has 2 N–H and O–H groups in total. The molecule has 0 heterocycles. The number of aliphatic hydroxyl groups excluding tert-OH is 2. The first-order valence-corrected chi connectivity index (χ1v) is 7.30. The van der Waals surface area contributed by atoms with Crippen molar-refractivity contribution in [3.05, 3.63) is 0 Å². The van der Waals surface area contributed by atoms with E-state index in [1.807, 2.05) is 0 Å². The fourth-order valence-electron chi connectivity index (χ4n) is 4.44. The molecule has 0 aromatic rings. The van der Waals surface area contributed by atoms with E-state index in [1.165, 1.54) is 25.7 Å². The SMILES string of the molecule is CC(C)CC(CO)(CO)CC1CC2CCC1C2. The van der Waals surface area contributed by atoms with Crippen LogP contribution in [0.25, 0.3) is 0 Å². The van der Waals surface area contributed by atoms with Gasteiger partial charge in [-0.15, -0.1) is 0 Å². The van der Waals surface area contributed by atoms with Crippen LogP contribution in [0.4, 0.5) is 0 Å². The lowest BCUT2D eigenvalue weighted by Crippen LogP contribution is -2.35. The highest BCUT2D eigenvalue weighted by Gasteiger charge is 2.43. The molecule has 2 rings (SSSR count). The third-order valence-corrected chi connectivity index (χ3v) is 5.09. The fraction of sp³-hybridized carbons (Fsp3) is 1.00. The molecular weight excluding hydrogens is 212 g/mol. The van der Waals surface area contributed by atoms with Crippen LogP contribution in [0.15, 0.2) is 0 Å². The molecule has 2 fully saturated rings. The zero-order valence-electron chi connectivity index (χ0n) is 11.4. The van der Waals surface area contributed by atoms with Crippen molar-refractivity contribution in [3.8, 4) is 0 Å². The summed E-state index contributed by atoms with van der Waals surface area (Å²) in [5.41, 5.74) is -0.219. The smallest absolute Gasteiger partial charge is 0.0509 e. The highest BCUT2D eigenvalue weighted by Crippen LogP contribution is 2.52. The third-order valence-electron chi connectivity index (χ3n) is 5.09. The summed E-state index contributed by atoms with van der Waals surface area (Å²) in [4.78, 5) is 0. The molecule has 0 saturated heterocycles. The van der Waals surface area contributed by atoms with E-state index in [1.54, 1.807) is 0 Å². The van der Waals surface area contributed by atoms with Crippen molar-refractivity contribution >= 4 is 0 Å². The van der Waals surface area contributed by atoms with Gasteiger partial charge in [-0.25, -0.2) is 0 Å². The molecule has 0 radical (unpaired) electrons. The Hall–Kier alpha value is -0.0800. The van der Waals surface area contributed by atoms with E-state index in [0.29, 0.717) is 5.92 Å². The summed E-state index contributed by atoms with van der Waals surface area (Å²) in [6, 6.07) is 0. The number of fused-ring (bicyclic) bond motifs is 2. The Bertz CT molecular complexity index is 245. The van der Waals surface area contributed by atoms with Gasteiger partial charge in [-0.3, -0.25) is 0 Å². The number of hydrogen-bond acceptors (Lipinski definition) is 2. The van der Waals surface area contributed by atoms with Gasteiger partial charge < -0.3 is 10.2 Å². The summed E-state index contributed by atoms with van der Waals surface area (Å²) in [7, 11) is 0. The van der Waals surface area contributed by atoms with Crippen molar-refractivity contribution in [2.45, 2.75) is 52.4 Å². The maximum atomic E-state index is 9.70. The van der Waals surface area contributed by atoms with Crippen LogP contribution in [0, 0.1) is 29.1 Å². The van der Waals surface area contributed by atoms with Crippen LogP contribution in [-0.4, -0.2) is 23.4 Å². The second-order valence-electron chi connectivity index (χ2n) is 7.05. The first-order chi connectivity index (χ1) is 8.08. The highest BCUT2D eigenvalue weighted by atomic mass is 16.3. The van der Waals surface area contributed by atoms with Crippen LogP contribution in [-0.2, 0) is 0 Å². The predicted octanol–water partition coefficient (Wildman–Crippen LogP) is 2.83. The standard InChI is InChI=1S/C15H28O2/c1-11(2)7-15(9-16,10-17)8-14-6-12-3-4-13(14)5-12/h11-14,16-17H,3-10H2,1-2H3. The zero-order valence-corrected chi connectivity index (χ0v) is 11.4. The Morgan fingerprint density at radius 1 is 1.12 bits per heavy atom. The predicted molar refractivity (Wildman–Crippen MR) is 69.6 cm³/mol. The van der Waals surface area contributed by atoms with E-state index in [4.69, 9.17) is 0 Å². The van der Waals surface area contributed by atoms with Crippen molar-refractivity contribution in [2.24, 2.45) is 29.1 Å². The van der Waals surface area contributed by atoms with Crippen molar-refractivity contribution in [1.82, 2.24) is 0 Å². The molecule has 0 spiro atoms. The van der Waals surface area contributed by atoms with Gasteiger partial charge in [0.2, 0.25) is 0 Å². The van der Waals surface area contributed by atoms with E-state index >= 15 is 0 Å². The first kappa shape index (κ1) is 13.4. The molecule has 3 atom stereocenters. The quantitative estimate of drug-likeness (QED) is 0.749. The van der Waals surface area contributed by atoms with Gasteiger partial charge in [0.15, 0.2) is 0 Å². The Balaban J connectivity index is 1.97. The lowest BCUT2D eigenvalue weighted by atomic mass is 9.71. The summed E-state index contributed by atoms with van der Waals surface area (Å²) in [5, 5.41) is 19.4. The van der Waals surface area contributed by atoms with E-state index < -0.39 is 0 Å². The summed E-state index contributed by atoms with van der Waals surface area (Å²) in [6.45, 7) is 4.66. The molecular formula is C15H28O2. The van der Waals surface area contributed by atoms with Crippen LogP contribution in [0.1, 0.15) is 52.4 Å². The van der Waals surface area contributed by atoms with Crippen molar-refractivity contribution in [2.75, 3.05) is 13.2 Å². The van der Waals surface area contributed by atoms with Gasteiger partial charge in [0.25, 0.3) is 0 Å². The molecule has 2 aliphatic carbocycles. The summed E-state index contributed by atoms with van der Waals surface area (Å²) < 4.78 is 0. The largest absolute Gasteiger partial charge is 0.396 e. The minimum Gasteiger partial charge on any atom is -0.396 e. The van der Waals surface area contributed by atoms with Gasteiger partial charge in [-0.05, 0) is 55.8 Å². The summed E-state index contributed by atoms with van der Waals surface area (Å²) in [5.74, 6) is 3.17. The molecule has 0 aliphatic heterocycles. The molecule has 0 aromatic heterocycles. The second-order valence-corrected chi connectivity index (χ2v) is 7.05. The fourth-order valence-corrected chi connectivity index (χ4v) is 4.44. The maximum absolute atomic E-state index is 9.70. The number of hydrogen-bond donors (Lipinski definition) is 2. The van der Waals surface area contributed by atoms with Gasteiger partial charge in [0.05, 0.1) is 13.2 Å². The average molecular weight is 240 g/mol. The molecule has 2 saturated carbocycles. The van der Waals surface area contributed by atoms with Crippen molar-refractivity contribution < 1.29 is 10.2 Å². The molecule has 2 nitrogen and oxygen atoms in total. The minimum absolute atomic E-state index is 0.148. The van der Waals surface area contributed by atoms with Crippen LogP contribution in [0.3, 0.4) is 0 Å². The third kappa shape index (κ3) is 2.85. The Kier molecular flexibility index (Phi) is 4.14. The van der Waals surface area contributed by atoms with Crippen molar-refractivity contribution in [3.63, 3.8) is 0 Å². The van der Waals surface area contributed by atoms with E-state index in [0.717, 1.165) is 30.6 Å². The average Bonchev–Trinajstić information content (AvgIpc) is 2.89. The van der Waals surface area contributed by atoms with Crippen LogP contribution in [0.5, 0.6) is 0 Å². The molecule has 0 amide bonds. The monoisotopic (exact) mass is 240 g/mol. The molecule has 2 bridgehead atoms. The van der Waals surface area contributed by atoms with Crippen LogP contribution < -0.4 is 0 Å². The highest BCUT2D eigenvalue weighted by molar-refractivity contribution is 4.94. The normalized spacial score (nSPS) is 32.6. The van der Waals surface area contributed by atoms with E-state index in [-0.39, 0.29) is 18.6 Å². The molecule has 3 unspecified atom stereocenters.